The maximum Gasteiger partial charge on any atom is 0.186 e. The van der Waals surface area contributed by atoms with E-state index in [1.807, 2.05) is 6.92 Å². The predicted octanol–water partition coefficient (Wildman–Crippen LogP) is 7.99. The molecule has 0 radical (unpaired) electrons. The third kappa shape index (κ3) is 4.89. The molecule has 0 spiro atoms. The first kappa shape index (κ1) is 24.4. The van der Waals surface area contributed by atoms with E-state index >= 15 is 0 Å². The van der Waals surface area contributed by atoms with Crippen LogP contribution in [0.25, 0.3) is 22.3 Å². The molecular weight excluding hydrogens is 444 g/mol. The molecule has 0 bridgehead atoms. The third-order valence-electron chi connectivity index (χ3n) is 6.22. The lowest BCUT2D eigenvalue weighted by Gasteiger charge is -2.29. The molecular formula is C28H28F4O2. The Kier molecular flexibility index (Phi) is 7.69. The zero-order valence-corrected chi connectivity index (χ0v) is 19.3. The van der Waals surface area contributed by atoms with Crippen LogP contribution in [-0.2, 0) is 15.9 Å². The van der Waals surface area contributed by atoms with Crippen molar-refractivity contribution in [1.29, 1.82) is 0 Å². The summed E-state index contributed by atoms with van der Waals surface area (Å²) in [6, 6.07) is 12.3. The zero-order chi connectivity index (χ0) is 24.2. The minimum absolute atomic E-state index is 0.0255. The van der Waals surface area contributed by atoms with Gasteiger partial charge in [0, 0.05) is 22.6 Å². The summed E-state index contributed by atoms with van der Waals surface area (Å²) >= 11 is 0. The number of halogens is 4. The number of hydrogen-bond donors (Lipinski definition) is 0. The minimum atomic E-state index is -1.01. The molecule has 180 valence electrons. The first-order valence-corrected chi connectivity index (χ1v) is 11.7. The molecule has 0 aliphatic carbocycles. The Bertz CT molecular complexity index is 1140. The molecule has 1 heterocycles. The van der Waals surface area contributed by atoms with E-state index in [-0.39, 0.29) is 22.6 Å². The van der Waals surface area contributed by atoms with E-state index < -0.39 is 29.6 Å². The van der Waals surface area contributed by atoms with E-state index in [4.69, 9.17) is 9.47 Å². The van der Waals surface area contributed by atoms with Crippen molar-refractivity contribution in [2.45, 2.75) is 45.8 Å². The Hall–Kier alpha value is -2.70. The van der Waals surface area contributed by atoms with Crippen molar-refractivity contribution in [3.63, 3.8) is 0 Å². The van der Waals surface area contributed by atoms with E-state index in [0.29, 0.717) is 42.7 Å². The Balaban J connectivity index is 1.56. The average molecular weight is 473 g/mol. The number of rotatable bonds is 7. The van der Waals surface area contributed by atoms with Gasteiger partial charge in [0.1, 0.15) is 0 Å². The van der Waals surface area contributed by atoms with E-state index in [2.05, 4.69) is 6.92 Å². The summed E-state index contributed by atoms with van der Waals surface area (Å²) in [5.74, 6) is -3.52. The summed E-state index contributed by atoms with van der Waals surface area (Å²) in [7, 11) is 0. The topological polar surface area (TPSA) is 18.5 Å². The lowest BCUT2D eigenvalue weighted by molar-refractivity contribution is -0.207. The van der Waals surface area contributed by atoms with Crippen LogP contribution in [0.1, 0.15) is 50.5 Å². The van der Waals surface area contributed by atoms with Gasteiger partial charge in [0.25, 0.3) is 0 Å². The summed E-state index contributed by atoms with van der Waals surface area (Å²) < 4.78 is 70.0. The van der Waals surface area contributed by atoms with Crippen LogP contribution in [0, 0.1) is 29.2 Å². The monoisotopic (exact) mass is 472 g/mol. The van der Waals surface area contributed by atoms with Gasteiger partial charge in [0.15, 0.2) is 29.6 Å². The highest BCUT2D eigenvalue weighted by Gasteiger charge is 2.27. The molecule has 1 aliphatic rings. The number of benzene rings is 3. The number of hydrogen-bond acceptors (Lipinski definition) is 2. The molecule has 2 nitrogen and oxygen atoms in total. The van der Waals surface area contributed by atoms with E-state index in [0.717, 1.165) is 12.8 Å². The average Bonchev–Trinajstić information content (AvgIpc) is 2.85. The normalized spacial score (nSPS) is 18.3. The van der Waals surface area contributed by atoms with Crippen LogP contribution < -0.4 is 0 Å². The van der Waals surface area contributed by atoms with Gasteiger partial charge < -0.3 is 9.47 Å². The van der Waals surface area contributed by atoms with Gasteiger partial charge in [-0.25, -0.2) is 17.6 Å². The van der Waals surface area contributed by atoms with Gasteiger partial charge in [-0.15, -0.1) is 0 Å². The second kappa shape index (κ2) is 10.7. The molecule has 0 unspecified atom stereocenters. The Morgan fingerprint density at radius 2 is 1.24 bits per heavy atom. The molecule has 1 saturated heterocycles. The second-order valence-electron chi connectivity index (χ2n) is 8.71. The van der Waals surface area contributed by atoms with Crippen molar-refractivity contribution in [1.82, 2.24) is 0 Å². The van der Waals surface area contributed by atoms with Crippen molar-refractivity contribution in [2.75, 3.05) is 13.2 Å². The number of ether oxygens (including phenoxy) is 2. The fraction of sp³-hybridized carbons (Fsp3) is 0.357. The van der Waals surface area contributed by atoms with Crippen molar-refractivity contribution in [3.05, 3.63) is 82.9 Å². The van der Waals surface area contributed by atoms with Crippen LogP contribution >= 0.6 is 0 Å². The summed E-state index contributed by atoms with van der Waals surface area (Å²) in [4.78, 5) is 0. The van der Waals surface area contributed by atoms with Crippen molar-refractivity contribution in [3.8, 4) is 22.3 Å². The van der Waals surface area contributed by atoms with Crippen LogP contribution in [-0.4, -0.2) is 13.2 Å². The number of aryl methyl sites for hydroxylation is 1. The van der Waals surface area contributed by atoms with E-state index in [1.165, 1.54) is 12.1 Å². The maximum atomic E-state index is 15.0. The van der Waals surface area contributed by atoms with Gasteiger partial charge >= 0.3 is 0 Å². The highest BCUT2D eigenvalue weighted by Crippen LogP contribution is 2.34. The molecule has 4 rings (SSSR count). The molecule has 3 aromatic carbocycles. The lowest BCUT2D eigenvalue weighted by atomic mass is 9.97. The standard InChI is InChI=1S/C28H28F4O2/c1-3-5-17-15-33-28(34-16-17)23-14-13-22(26(31)27(23)32)19-9-7-18(8-10-19)21-12-11-20(6-4-2)24(29)25(21)30/h7-14,17,28H,3-6,15-16H2,1-2H3. The lowest BCUT2D eigenvalue weighted by Crippen LogP contribution is -2.27. The van der Waals surface area contributed by atoms with Crippen LogP contribution in [0.15, 0.2) is 48.5 Å². The van der Waals surface area contributed by atoms with E-state index in [1.54, 1.807) is 36.4 Å². The summed E-state index contributed by atoms with van der Waals surface area (Å²) in [5.41, 5.74) is 1.42. The van der Waals surface area contributed by atoms with Crippen LogP contribution in [0.4, 0.5) is 17.6 Å². The fourth-order valence-corrected chi connectivity index (χ4v) is 4.37. The van der Waals surface area contributed by atoms with Crippen molar-refractivity contribution < 1.29 is 27.0 Å². The highest BCUT2D eigenvalue weighted by molar-refractivity contribution is 5.71. The predicted molar refractivity (Wildman–Crippen MR) is 124 cm³/mol. The van der Waals surface area contributed by atoms with Gasteiger partial charge in [-0.05, 0) is 29.5 Å². The van der Waals surface area contributed by atoms with E-state index in [9.17, 15) is 17.6 Å². The molecule has 0 aromatic heterocycles. The highest BCUT2D eigenvalue weighted by atomic mass is 19.2. The van der Waals surface area contributed by atoms with Crippen molar-refractivity contribution in [2.24, 2.45) is 5.92 Å². The quantitative estimate of drug-likeness (QED) is 0.325. The van der Waals surface area contributed by atoms with Crippen LogP contribution in [0.3, 0.4) is 0 Å². The van der Waals surface area contributed by atoms with Gasteiger partial charge in [-0.1, -0.05) is 75.2 Å². The SMILES string of the molecule is CCCc1ccc(-c2ccc(-c3ccc(C4OCC(CCC)CO4)c(F)c3F)cc2)c(F)c1F. The van der Waals surface area contributed by atoms with Crippen molar-refractivity contribution >= 4 is 0 Å². The Morgan fingerprint density at radius 3 is 1.79 bits per heavy atom. The fourth-order valence-electron chi connectivity index (χ4n) is 4.37. The molecule has 6 heteroatoms. The van der Waals surface area contributed by atoms with Gasteiger partial charge in [0.2, 0.25) is 0 Å². The first-order valence-electron chi connectivity index (χ1n) is 11.7. The molecule has 0 N–H and O–H groups in total. The molecule has 3 aromatic rings. The third-order valence-corrected chi connectivity index (χ3v) is 6.22. The molecule has 0 amide bonds. The molecule has 0 atom stereocenters. The van der Waals surface area contributed by atoms with Gasteiger partial charge in [0.05, 0.1) is 13.2 Å². The summed E-state index contributed by atoms with van der Waals surface area (Å²) in [5, 5.41) is 0. The molecule has 1 fully saturated rings. The molecule has 0 saturated carbocycles. The molecule has 1 aliphatic heterocycles. The summed E-state index contributed by atoms with van der Waals surface area (Å²) in [6.45, 7) is 4.86. The molecule has 34 heavy (non-hydrogen) atoms. The van der Waals surface area contributed by atoms with Gasteiger partial charge in [-0.2, -0.15) is 0 Å². The first-order chi connectivity index (χ1) is 16.4. The summed E-state index contributed by atoms with van der Waals surface area (Å²) in [6.07, 6.45) is 2.19. The van der Waals surface area contributed by atoms with Gasteiger partial charge in [-0.3, -0.25) is 0 Å². The zero-order valence-electron chi connectivity index (χ0n) is 19.3. The van der Waals surface area contributed by atoms with Crippen LogP contribution in [0.5, 0.6) is 0 Å². The van der Waals surface area contributed by atoms with Crippen LogP contribution in [0.2, 0.25) is 0 Å². The Labute approximate surface area is 197 Å². The Morgan fingerprint density at radius 1 is 0.676 bits per heavy atom. The smallest absolute Gasteiger partial charge is 0.186 e. The largest absolute Gasteiger partial charge is 0.348 e. The minimum Gasteiger partial charge on any atom is -0.348 e. The maximum absolute atomic E-state index is 15.0. The second-order valence-corrected chi connectivity index (χ2v) is 8.71.